The third-order valence-electron chi connectivity index (χ3n) is 5.65. The largest absolute Gasteiger partial charge is 0.367 e. The fourth-order valence-corrected chi connectivity index (χ4v) is 6.39. The average Bonchev–Trinajstić information content (AvgIpc) is 2.92. The van der Waals surface area contributed by atoms with Crippen molar-refractivity contribution in [3.05, 3.63) is 53.4 Å². The Labute approximate surface area is 177 Å². The lowest BCUT2D eigenvalue weighted by atomic mass is 10.0. The Balaban J connectivity index is 1.49. The molecule has 148 valence electrons. The zero-order valence-electron chi connectivity index (χ0n) is 15.4. The number of alkyl halides is 1. The molecule has 0 amide bonds. The normalized spacial score (nSPS) is 28.5. The van der Waals surface area contributed by atoms with Crippen LogP contribution in [-0.2, 0) is 38.5 Å². The summed E-state index contributed by atoms with van der Waals surface area (Å²) in [5.41, 5.74) is 5.00. The number of aryl methyl sites for hydroxylation is 1. The Hall–Kier alpha value is -1.36. The SMILES string of the molecule is Cn1c2c(c3cc(NC4=CC5OCCOC5(I)C=C4)ccc31)CS(=O)(=O)CC2. The highest BCUT2D eigenvalue weighted by molar-refractivity contribution is 14.1. The second-order valence-corrected chi connectivity index (χ2v) is 11.3. The van der Waals surface area contributed by atoms with E-state index in [1.165, 1.54) is 0 Å². The zero-order chi connectivity index (χ0) is 19.5. The Kier molecular flexibility index (Phi) is 4.38. The van der Waals surface area contributed by atoms with Crippen LogP contribution in [0.2, 0.25) is 0 Å². The Morgan fingerprint density at radius 1 is 1.32 bits per heavy atom. The zero-order valence-corrected chi connectivity index (χ0v) is 18.4. The number of benzene rings is 1. The summed E-state index contributed by atoms with van der Waals surface area (Å²) in [4.78, 5) is 0. The first-order valence-electron chi connectivity index (χ1n) is 9.28. The Morgan fingerprint density at radius 3 is 3.04 bits per heavy atom. The predicted molar refractivity (Wildman–Crippen MR) is 117 cm³/mol. The molecule has 0 bridgehead atoms. The summed E-state index contributed by atoms with van der Waals surface area (Å²) in [6, 6.07) is 6.13. The first-order valence-corrected chi connectivity index (χ1v) is 12.2. The van der Waals surface area contributed by atoms with E-state index in [-0.39, 0.29) is 17.6 Å². The number of fused-ring (bicyclic) bond motifs is 4. The minimum Gasteiger partial charge on any atom is -0.367 e. The molecule has 3 aliphatic rings. The quantitative estimate of drug-likeness (QED) is 0.495. The Bertz CT molecular complexity index is 1130. The van der Waals surface area contributed by atoms with Gasteiger partial charge in [-0.25, -0.2) is 8.42 Å². The Morgan fingerprint density at radius 2 is 2.18 bits per heavy atom. The van der Waals surface area contributed by atoms with Crippen LogP contribution < -0.4 is 5.32 Å². The molecule has 0 spiro atoms. The van der Waals surface area contributed by atoms with Gasteiger partial charge in [0.15, 0.2) is 13.4 Å². The van der Waals surface area contributed by atoms with E-state index in [1.807, 2.05) is 37.4 Å². The lowest BCUT2D eigenvalue weighted by molar-refractivity contribution is -0.111. The van der Waals surface area contributed by atoms with Crippen LogP contribution >= 0.6 is 22.6 Å². The fraction of sp³-hybridized carbons (Fsp3) is 0.400. The van der Waals surface area contributed by atoms with Crippen molar-refractivity contribution in [2.24, 2.45) is 7.05 Å². The minimum atomic E-state index is -3.02. The molecule has 5 rings (SSSR count). The van der Waals surface area contributed by atoms with Crippen LogP contribution in [0.5, 0.6) is 0 Å². The molecule has 28 heavy (non-hydrogen) atoms. The molecule has 8 heteroatoms. The van der Waals surface area contributed by atoms with Crippen LogP contribution in [0.15, 0.2) is 42.1 Å². The van der Waals surface area contributed by atoms with E-state index in [0.29, 0.717) is 19.6 Å². The fourth-order valence-electron chi connectivity index (χ4n) is 4.22. The third kappa shape index (κ3) is 3.10. The van der Waals surface area contributed by atoms with Gasteiger partial charge in [-0.05, 0) is 64.6 Å². The summed E-state index contributed by atoms with van der Waals surface area (Å²) in [6.07, 6.45) is 6.52. The molecular weight excluding hydrogens is 491 g/mol. The number of nitrogens with zero attached hydrogens (tertiary/aromatic N) is 1. The third-order valence-corrected chi connectivity index (χ3v) is 8.49. The van der Waals surface area contributed by atoms with Crippen LogP contribution in [0.25, 0.3) is 10.9 Å². The molecule has 1 aromatic carbocycles. The maximum Gasteiger partial charge on any atom is 0.167 e. The number of halogens is 1. The standard InChI is InChI=1S/C20H21IN2O4S/c1-23-17-3-2-13(10-15(17)16-12-28(24,25)9-5-18(16)23)22-14-4-6-20(21)19(11-14)26-7-8-27-20/h2-4,6,10-11,19,22H,5,7-9,12H2,1H3. The van der Waals surface area contributed by atoms with E-state index in [9.17, 15) is 8.42 Å². The summed E-state index contributed by atoms with van der Waals surface area (Å²) >= 11 is 2.28. The molecular formula is C20H21IN2O4S. The van der Waals surface area contributed by atoms with Gasteiger partial charge in [-0.15, -0.1) is 0 Å². The summed E-state index contributed by atoms with van der Waals surface area (Å²) in [7, 11) is -1.01. The number of anilines is 1. The molecule has 6 nitrogen and oxygen atoms in total. The molecule has 2 aliphatic heterocycles. The van der Waals surface area contributed by atoms with Gasteiger partial charge in [0, 0.05) is 41.4 Å². The summed E-state index contributed by atoms with van der Waals surface area (Å²) < 4.78 is 37.7. The van der Waals surface area contributed by atoms with Crippen molar-refractivity contribution < 1.29 is 17.9 Å². The molecule has 0 saturated carbocycles. The highest BCUT2D eigenvalue weighted by atomic mass is 127. The number of sulfone groups is 1. The molecule has 2 aromatic rings. The topological polar surface area (TPSA) is 69.6 Å². The molecule has 3 heterocycles. The van der Waals surface area contributed by atoms with E-state index in [2.05, 4.69) is 38.5 Å². The highest BCUT2D eigenvalue weighted by Gasteiger charge is 2.39. The van der Waals surface area contributed by atoms with Gasteiger partial charge in [0.25, 0.3) is 0 Å². The molecule has 1 N–H and O–H groups in total. The second kappa shape index (κ2) is 6.58. The maximum atomic E-state index is 12.2. The van der Waals surface area contributed by atoms with Crippen molar-refractivity contribution in [2.45, 2.75) is 21.9 Å². The average molecular weight is 512 g/mol. The number of nitrogens with one attached hydrogen (secondary N) is 1. The van der Waals surface area contributed by atoms with Gasteiger partial charge in [0.1, 0.15) is 6.10 Å². The van der Waals surface area contributed by atoms with Gasteiger partial charge in [0.2, 0.25) is 0 Å². The molecule has 0 radical (unpaired) electrons. The molecule has 1 saturated heterocycles. The van der Waals surface area contributed by atoms with Crippen molar-refractivity contribution in [2.75, 3.05) is 24.3 Å². The summed E-state index contributed by atoms with van der Waals surface area (Å²) in [5, 5.41) is 4.44. The summed E-state index contributed by atoms with van der Waals surface area (Å²) in [5.74, 6) is 0.352. The van der Waals surface area contributed by atoms with Crippen LogP contribution in [-0.4, -0.2) is 41.7 Å². The molecule has 1 fully saturated rings. The number of ether oxygens (including phenoxy) is 2. The van der Waals surface area contributed by atoms with E-state index >= 15 is 0 Å². The van der Waals surface area contributed by atoms with Crippen LogP contribution in [0.1, 0.15) is 11.3 Å². The number of rotatable bonds is 2. The predicted octanol–water partition coefficient (Wildman–Crippen LogP) is 3.06. The molecule has 2 unspecified atom stereocenters. The van der Waals surface area contributed by atoms with Crippen LogP contribution in [0.4, 0.5) is 5.69 Å². The lowest BCUT2D eigenvalue weighted by Crippen LogP contribution is -2.45. The highest BCUT2D eigenvalue weighted by Crippen LogP contribution is 2.37. The van der Waals surface area contributed by atoms with Crippen LogP contribution in [0.3, 0.4) is 0 Å². The van der Waals surface area contributed by atoms with Crippen molar-refractivity contribution in [1.29, 1.82) is 0 Å². The number of hydrogen-bond acceptors (Lipinski definition) is 5. The van der Waals surface area contributed by atoms with Gasteiger partial charge in [-0.1, -0.05) is 0 Å². The van der Waals surface area contributed by atoms with Crippen molar-refractivity contribution in [1.82, 2.24) is 4.57 Å². The van der Waals surface area contributed by atoms with Gasteiger partial charge >= 0.3 is 0 Å². The maximum absolute atomic E-state index is 12.2. The molecule has 1 aliphatic carbocycles. The van der Waals surface area contributed by atoms with E-state index < -0.39 is 13.4 Å². The van der Waals surface area contributed by atoms with Crippen molar-refractivity contribution in [3.63, 3.8) is 0 Å². The van der Waals surface area contributed by atoms with Gasteiger partial charge < -0.3 is 19.4 Å². The minimum absolute atomic E-state index is 0.121. The summed E-state index contributed by atoms with van der Waals surface area (Å²) in [6.45, 7) is 1.18. The van der Waals surface area contributed by atoms with Crippen molar-refractivity contribution >= 4 is 49.0 Å². The van der Waals surface area contributed by atoms with E-state index in [1.54, 1.807) is 0 Å². The number of hydrogen-bond donors (Lipinski definition) is 1. The van der Waals surface area contributed by atoms with Gasteiger partial charge in [-0.3, -0.25) is 0 Å². The molecule has 1 aromatic heterocycles. The first-order chi connectivity index (χ1) is 13.3. The molecule has 2 atom stereocenters. The smallest absolute Gasteiger partial charge is 0.167 e. The first kappa shape index (κ1) is 18.7. The van der Waals surface area contributed by atoms with Crippen molar-refractivity contribution in [3.8, 4) is 0 Å². The van der Waals surface area contributed by atoms with E-state index in [4.69, 9.17) is 9.47 Å². The lowest BCUT2D eigenvalue weighted by Gasteiger charge is -2.38. The van der Waals surface area contributed by atoms with Crippen LogP contribution in [0, 0.1) is 0 Å². The van der Waals surface area contributed by atoms with Gasteiger partial charge in [-0.2, -0.15) is 0 Å². The van der Waals surface area contributed by atoms with E-state index in [0.717, 1.165) is 33.5 Å². The number of aromatic nitrogens is 1. The second-order valence-electron chi connectivity index (χ2n) is 7.48. The monoisotopic (exact) mass is 512 g/mol. The van der Waals surface area contributed by atoms with Gasteiger partial charge in [0.05, 0.1) is 24.7 Å². The number of allylic oxidation sites excluding steroid dienone is 1.